The van der Waals surface area contributed by atoms with Crippen LogP contribution in [-0.2, 0) is 14.8 Å². The molecular formula is C15H24N2O3S. The lowest BCUT2D eigenvalue weighted by Crippen LogP contribution is -2.42. The van der Waals surface area contributed by atoms with E-state index < -0.39 is 10.0 Å². The normalized spacial score (nSPS) is 26.6. The van der Waals surface area contributed by atoms with Gasteiger partial charge in [0, 0.05) is 18.3 Å². The van der Waals surface area contributed by atoms with Crippen molar-refractivity contribution in [2.45, 2.75) is 56.6 Å². The molecule has 1 saturated heterocycles. The van der Waals surface area contributed by atoms with E-state index in [9.17, 15) is 8.42 Å². The Bertz CT molecular complexity index is 615. The summed E-state index contributed by atoms with van der Waals surface area (Å²) in [6.07, 6.45) is 2.78. The lowest BCUT2D eigenvalue weighted by molar-refractivity contribution is -0.0708. The highest BCUT2D eigenvalue weighted by molar-refractivity contribution is 7.89. The number of benzene rings is 1. The van der Waals surface area contributed by atoms with Gasteiger partial charge >= 0.3 is 0 Å². The predicted molar refractivity (Wildman–Crippen MR) is 83.8 cm³/mol. The molecule has 1 aromatic carbocycles. The molecule has 2 unspecified atom stereocenters. The first kappa shape index (κ1) is 16.3. The second-order valence-electron chi connectivity index (χ2n) is 6.01. The maximum atomic E-state index is 11.5. The number of hydrogen-bond acceptors (Lipinski definition) is 4. The van der Waals surface area contributed by atoms with Gasteiger partial charge in [0.2, 0.25) is 10.0 Å². The quantitative estimate of drug-likeness (QED) is 0.894. The summed E-state index contributed by atoms with van der Waals surface area (Å²) in [7, 11) is -3.68. The lowest BCUT2D eigenvalue weighted by Gasteiger charge is -2.38. The van der Waals surface area contributed by atoms with E-state index in [-0.39, 0.29) is 16.5 Å². The number of nitrogens with one attached hydrogen (secondary N) is 1. The van der Waals surface area contributed by atoms with Crippen molar-refractivity contribution in [1.82, 2.24) is 0 Å². The zero-order valence-electron chi connectivity index (χ0n) is 12.8. The number of rotatable bonds is 4. The number of ether oxygens (including phenoxy) is 1. The van der Waals surface area contributed by atoms with Crippen LogP contribution in [0.5, 0.6) is 0 Å². The molecule has 21 heavy (non-hydrogen) atoms. The maximum absolute atomic E-state index is 11.5. The summed E-state index contributed by atoms with van der Waals surface area (Å²) < 4.78 is 28.8. The molecule has 2 atom stereocenters. The Morgan fingerprint density at radius 3 is 2.81 bits per heavy atom. The highest BCUT2D eigenvalue weighted by Crippen LogP contribution is 2.30. The van der Waals surface area contributed by atoms with Crippen LogP contribution in [0.15, 0.2) is 23.1 Å². The van der Waals surface area contributed by atoms with Crippen LogP contribution in [-0.4, -0.2) is 26.7 Å². The summed E-state index contributed by atoms with van der Waals surface area (Å²) in [5.41, 5.74) is 1.72. The van der Waals surface area contributed by atoms with Crippen molar-refractivity contribution in [2.24, 2.45) is 5.14 Å². The Kier molecular flexibility index (Phi) is 4.60. The third kappa shape index (κ3) is 3.96. The number of aryl methyl sites for hydroxylation is 1. The van der Waals surface area contributed by atoms with Crippen molar-refractivity contribution in [3.05, 3.63) is 23.8 Å². The molecule has 0 amide bonds. The van der Waals surface area contributed by atoms with E-state index in [4.69, 9.17) is 9.88 Å². The maximum Gasteiger partial charge on any atom is 0.238 e. The Morgan fingerprint density at radius 2 is 2.19 bits per heavy atom. The van der Waals surface area contributed by atoms with Gasteiger partial charge < -0.3 is 10.1 Å². The molecule has 3 N–H and O–H groups in total. The van der Waals surface area contributed by atoms with Crippen molar-refractivity contribution in [3.8, 4) is 0 Å². The van der Waals surface area contributed by atoms with Crippen LogP contribution in [0.25, 0.3) is 0 Å². The molecule has 0 radical (unpaired) electrons. The van der Waals surface area contributed by atoms with Crippen molar-refractivity contribution in [3.63, 3.8) is 0 Å². The molecule has 1 aliphatic heterocycles. The molecule has 0 aromatic heterocycles. The molecule has 0 aliphatic carbocycles. The zero-order chi connectivity index (χ0) is 15.7. The number of sulfonamides is 1. The monoisotopic (exact) mass is 312 g/mol. The molecule has 1 aromatic rings. The number of anilines is 1. The van der Waals surface area contributed by atoms with Gasteiger partial charge in [-0.1, -0.05) is 13.0 Å². The zero-order valence-corrected chi connectivity index (χ0v) is 13.7. The van der Waals surface area contributed by atoms with Gasteiger partial charge in [0.1, 0.15) is 0 Å². The average molecular weight is 312 g/mol. The van der Waals surface area contributed by atoms with Crippen LogP contribution in [0.2, 0.25) is 0 Å². The number of primary sulfonamides is 1. The van der Waals surface area contributed by atoms with E-state index in [1.807, 2.05) is 6.92 Å². The van der Waals surface area contributed by atoms with Crippen molar-refractivity contribution in [2.75, 3.05) is 11.9 Å². The molecule has 6 heteroatoms. The van der Waals surface area contributed by atoms with E-state index >= 15 is 0 Å². The first-order valence-corrected chi connectivity index (χ1v) is 8.82. The molecule has 0 spiro atoms. The average Bonchev–Trinajstić information content (AvgIpc) is 2.40. The van der Waals surface area contributed by atoms with E-state index in [2.05, 4.69) is 19.2 Å². The summed E-state index contributed by atoms with van der Waals surface area (Å²) in [4.78, 5) is 0.140. The highest BCUT2D eigenvalue weighted by atomic mass is 32.2. The Balaban J connectivity index is 2.19. The van der Waals surface area contributed by atoms with Gasteiger partial charge in [-0.3, -0.25) is 0 Å². The van der Waals surface area contributed by atoms with Crippen LogP contribution in [0.4, 0.5) is 5.69 Å². The highest BCUT2D eigenvalue weighted by Gasteiger charge is 2.31. The van der Waals surface area contributed by atoms with E-state index in [1.165, 1.54) is 6.07 Å². The van der Waals surface area contributed by atoms with Gasteiger partial charge in [-0.2, -0.15) is 0 Å². The molecular weight excluding hydrogens is 288 g/mol. The van der Waals surface area contributed by atoms with Gasteiger partial charge in [-0.05, 0) is 50.8 Å². The van der Waals surface area contributed by atoms with Crippen LogP contribution in [0, 0.1) is 6.92 Å². The van der Waals surface area contributed by atoms with Gasteiger partial charge in [-0.15, -0.1) is 0 Å². The Labute approximate surface area is 126 Å². The van der Waals surface area contributed by atoms with Gasteiger partial charge in [-0.25, -0.2) is 13.6 Å². The van der Waals surface area contributed by atoms with Crippen LogP contribution in [0.1, 0.15) is 38.7 Å². The smallest absolute Gasteiger partial charge is 0.238 e. The standard InChI is InChI=1S/C15H24N2O3S/c1-4-15(3)10-12(7-8-20-15)17-14-9-13(21(16,18)19)6-5-11(14)2/h5-6,9,12,17H,4,7-8,10H2,1-3H3,(H2,16,18,19). The lowest BCUT2D eigenvalue weighted by atomic mass is 9.89. The Morgan fingerprint density at radius 1 is 1.48 bits per heavy atom. The van der Waals surface area contributed by atoms with E-state index in [1.54, 1.807) is 12.1 Å². The van der Waals surface area contributed by atoms with Gasteiger partial charge in [0.25, 0.3) is 0 Å². The van der Waals surface area contributed by atoms with Gasteiger partial charge in [0.05, 0.1) is 10.5 Å². The molecule has 118 valence electrons. The topological polar surface area (TPSA) is 81.4 Å². The fourth-order valence-electron chi connectivity index (χ4n) is 2.65. The minimum atomic E-state index is -3.68. The SMILES string of the molecule is CCC1(C)CC(Nc2cc(S(N)(=O)=O)ccc2C)CCO1. The summed E-state index contributed by atoms with van der Waals surface area (Å²) in [5.74, 6) is 0. The largest absolute Gasteiger partial charge is 0.382 e. The molecule has 5 nitrogen and oxygen atoms in total. The molecule has 1 fully saturated rings. The molecule has 1 aliphatic rings. The van der Waals surface area contributed by atoms with Crippen LogP contribution in [0.3, 0.4) is 0 Å². The first-order valence-electron chi connectivity index (χ1n) is 7.27. The molecule has 0 bridgehead atoms. The van der Waals surface area contributed by atoms with Gasteiger partial charge in [0.15, 0.2) is 0 Å². The molecule has 2 rings (SSSR count). The predicted octanol–water partition coefficient (Wildman–Crippen LogP) is 2.40. The van der Waals surface area contributed by atoms with Crippen molar-refractivity contribution in [1.29, 1.82) is 0 Å². The Hall–Kier alpha value is -1.11. The minimum Gasteiger partial charge on any atom is -0.382 e. The summed E-state index contributed by atoms with van der Waals surface area (Å²) >= 11 is 0. The summed E-state index contributed by atoms with van der Waals surface area (Å²) in [6.45, 7) is 6.91. The fraction of sp³-hybridized carbons (Fsp3) is 0.600. The number of hydrogen-bond donors (Lipinski definition) is 2. The minimum absolute atomic E-state index is 0.110. The third-order valence-electron chi connectivity index (χ3n) is 4.24. The van der Waals surface area contributed by atoms with Crippen molar-refractivity contribution < 1.29 is 13.2 Å². The van der Waals surface area contributed by atoms with E-state index in [0.29, 0.717) is 0 Å². The second-order valence-corrected chi connectivity index (χ2v) is 7.57. The molecule has 0 saturated carbocycles. The summed E-state index contributed by atoms with van der Waals surface area (Å²) in [5, 5.41) is 8.65. The molecule has 1 heterocycles. The fourth-order valence-corrected chi connectivity index (χ4v) is 3.19. The number of nitrogens with two attached hydrogens (primary N) is 1. The third-order valence-corrected chi connectivity index (χ3v) is 5.15. The van der Waals surface area contributed by atoms with Crippen LogP contribution < -0.4 is 10.5 Å². The van der Waals surface area contributed by atoms with Crippen molar-refractivity contribution >= 4 is 15.7 Å². The second kappa shape index (κ2) is 5.94. The van der Waals surface area contributed by atoms with E-state index in [0.717, 1.165) is 37.1 Å². The first-order chi connectivity index (χ1) is 9.73. The van der Waals surface area contributed by atoms with Crippen LogP contribution >= 0.6 is 0 Å². The summed E-state index contributed by atoms with van der Waals surface area (Å²) in [6, 6.07) is 5.21.